The third-order valence-corrected chi connectivity index (χ3v) is 2.81. The number of benzene rings is 1. The molecule has 3 heteroatoms. The zero-order valence-electron chi connectivity index (χ0n) is 10.8. The maximum atomic E-state index is 11.6. The van der Waals surface area contributed by atoms with Gasteiger partial charge in [0.2, 0.25) is 5.91 Å². The summed E-state index contributed by atoms with van der Waals surface area (Å²) in [5.74, 6) is 0.131. The van der Waals surface area contributed by atoms with Gasteiger partial charge in [-0.2, -0.15) is 0 Å². The van der Waals surface area contributed by atoms with E-state index in [-0.39, 0.29) is 5.91 Å². The van der Waals surface area contributed by atoms with Crippen molar-refractivity contribution in [3.63, 3.8) is 0 Å². The van der Waals surface area contributed by atoms with Crippen molar-refractivity contribution in [3.8, 4) is 0 Å². The fourth-order valence-electron chi connectivity index (χ4n) is 1.78. The van der Waals surface area contributed by atoms with Crippen LogP contribution in [0.25, 0.3) is 0 Å². The van der Waals surface area contributed by atoms with Crippen molar-refractivity contribution in [2.75, 3.05) is 13.6 Å². The number of amides is 1. The van der Waals surface area contributed by atoms with Gasteiger partial charge in [-0.15, -0.1) is 0 Å². The third-order valence-electron chi connectivity index (χ3n) is 2.81. The van der Waals surface area contributed by atoms with E-state index in [9.17, 15) is 4.79 Å². The Morgan fingerprint density at radius 1 is 1.24 bits per heavy atom. The molecule has 0 aromatic heterocycles. The summed E-state index contributed by atoms with van der Waals surface area (Å²) in [5.41, 5.74) is 2.53. The molecule has 17 heavy (non-hydrogen) atoms. The molecular formula is C14H22N2O. The summed E-state index contributed by atoms with van der Waals surface area (Å²) in [6.07, 6.45) is 2.48. The van der Waals surface area contributed by atoms with E-state index in [1.807, 2.05) is 19.2 Å². The third kappa shape index (κ3) is 5.00. The second-order valence-corrected chi connectivity index (χ2v) is 4.11. The van der Waals surface area contributed by atoms with E-state index in [0.717, 1.165) is 19.4 Å². The monoisotopic (exact) mass is 234 g/mol. The second-order valence-electron chi connectivity index (χ2n) is 4.11. The number of carbonyl (C=O) groups is 1. The molecule has 0 heterocycles. The van der Waals surface area contributed by atoms with Gasteiger partial charge in [0.15, 0.2) is 0 Å². The van der Waals surface area contributed by atoms with E-state index < -0.39 is 0 Å². The van der Waals surface area contributed by atoms with Crippen LogP contribution in [-0.4, -0.2) is 19.5 Å². The average Bonchev–Trinajstić information content (AvgIpc) is 2.37. The molecule has 0 aliphatic heterocycles. The quantitative estimate of drug-likeness (QED) is 0.707. The van der Waals surface area contributed by atoms with E-state index in [4.69, 9.17) is 0 Å². The highest BCUT2D eigenvalue weighted by molar-refractivity contribution is 5.75. The predicted molar refractivity (Wildman–Crippen MR) is 70.8 cm³/mol. The van der Waals surface area contributed by atoms with Gasteiger partial charge in [0.1, 0.15) is 0 Å². The van der Waals surface area contributed by atoms with Crippen LogP contribution in [0, 0.1) is 0 Å². The summed E-state index contributed by atoms with van der Waals surface area (Å²) in [5, 5.41) is 6.00. The number of hydrogen-bond acceptors (Lipinski definition) is 2. The lowest BCUT2D eigenvalue weighted by atomic mass is 10.1. The van der Waals surface area contributed by atoms with Crippen LogP contribution >= 0.6 is 0 Å². The zero-order valence-corrected chi connectivity index (χ0v) is 10.8. The first-order valence-electron chi connectivity index (χ1n) is 6.26. The van der Waals surface area contributed by atoms with E-state index in [0.29, 0.717) is 13.0 Å². The van der Waals surface area contributed by atoms with Crippen LogP contribution in [0.3, 0.4) is 0 Å². The standard InChI is InChI=1S/C14H22N2O/c1-3-12-7-4-5-8-13(12)11-16-14(17)9-6-10-15-2/h4-5,7-8,15H,3,6,9-11H2,1-2H3,(H,16,17). The Morgan fingerprint density at radius 2 is 1.94 bits per heavy atom. The van der Waals surface area contributed by atoms with Crippen molar-refractivity contribution in [3.05, 3.63) is 35.4 Å². The molecular weight excluding hydrogens is 212 g/mol. The maximum Gasteiger partial charge on any atom is 0.220 e. The molecule has 0 aliphatic carbocycles. The summed E-state index contributed by atoms with van der Waals surface area (Å²) < 4.78 is 0. The normalized spacial score (nSPS) is 10.2. The molecule has 1 rings (SSSR count). The Bertz CT molecular complexity index is 350. The van der Waals surface area contributed by atoms with Crippen LogP contribution in [0.4, 0.5) is 0 Å². The molecule has 2 N–H and O–H groups in total. The van der Waals surface area contributed by atoms with Gasteiger partial charge in [0.25, 0.3) is 0 Å². The van der Waals surface area contributed by atoms with Gasteiger partial charge in [-0.05, 0) is 37.6 Å². The van der Waals surface area contributed by atoms with E-state index >= 15 is 0 Å². The minimum Gasteiger partial charge on any atom is -0.352 e. The number of nitrogens with one attached hydrogen (secondary N) is 2. The molecule has 0 saturated heterocycles. The highest BCUT2D eigenvalue weighted by Crippen LogP contribution is 2.08. The number of rotatable bonds is 7. The topological polar surface area (TPSA) is 41.1 Å². The van der Waals surface area contributed by atoms with Gasteiger partial charge in [-0.25, -0.2) is 0 Å². The van der Waals surface area contributed by atoms with Gasteiger partial charge in [-0.1, -0.05) is 31.2 Å². The van der Waals surface area contributed by atoms with Crippen LogP contribution in [-0.2, 0) is 17.8 Å². The molecule has 0 atom stereocenters. The van der Waals surface area contributed by atoms with Crippen molar-refractivity contribution in [2.24, 2.45) is 0 Å². The van der Waals surface area contributed by atoms with Crippen molar-refractivity contribution >= 4 is 5.91 Å². The van der Waals surface area contributed by atoms with Crippen molar-refractivity contribution < 1.29 is 4.79 Å². The molecule has 0 saturated carbocycles. The molecule has 1 aromatic carbocycles. The Hall–Kier alpha value is -1.35. The summed E-state index contributed by atoms with van der Waals surface area (Å²) in [6.45, 7) is 3.66. The molecule has 3 nitrogen and oxygen atoms in total. The number of aryl methyl sites for hydroxylation is 1. The lowest BCUT2D eigenvalue weighted by Gasteiger charge is -2.09. The lowest BCUT2D eigenvalue weighted by molar-refractivity contribution is -0.121. The molecule has 94 valence electrons. The number of carbonyl (C=O) groups excluding carboxylic acids is 1. The largest absolute Gasteiger partial charge is 0.352 e. The molecule has 0 aliphatic rings. The first-order valence-corrected chi connectivity index (χ1v) is 6.26. The van der Waals surface area contributed by atoms with Crippen LogP contribution in [0.2, 0.25) is 0 Å². The summed E-state index contributed by atoms with van der Waals surface area (Å²) in [6, 6.07) is 8.24. The molecule has 1 amide bonds. The molecule has 0 spiro atoms. The molecule has 0 bridgehead atoms. The Labute approximate surface area is 104 Å². The van der Waals surface area contributed by atoms with Crippen molar-refractivity contribution in [2.45, 2.75) is 32.7 Å². The van der Waals surface area contributed by atoms with E-state index in [2.05, 4.69) is 29.7 Å². The summed E-state index contributed by atoms with van der Waals surface area (Å²) in [4.78, 5) is 11.6. The smallest absolute Gasteiger partial charge is 0.220 e. The predicted octanol–water partition coefficient (Wildman–Crippen LogP) is 1.86. The van der Waals surface area contributed by atoms with Crippen LogP contribution in [0.1, 0.15) is 30.9 Å². The highest BCUT2D eigenvalue weighted by Gasteiger charge is 2.03. The molecule has 0 radical (unpaired) electrons. The minimum absolute atomic E-state index is 0.131. The second kappa shape index (κ2) is 7.85. The molecule has 0 unspecified atom stereocenters. The van der Waals surface area contributed by atoms with Crippen LogP contribution in [0.5, 0.6) is 0 Å². The zero-order chi connectivity index (χ0) is 12.5. The Balaban J connectivity index is 2.36. The SMILES string of the molecule is CCc1ccccc1CNC(=O)CCCNC. The van der Waals surface area contributed by atoms with Gasteiger partial charge in [0, 0.05) is 13.0 Å². The Kier molecular flexibility index (Phi) is 6.33. The Morgan fingerprint density at radius 3 is 2.59 bits per heavy atom. The van der Waals surface area contributed by atoms with Crippen LogP contribution < -0.4 is 10.6 Å². The first kappa shape index (κ1) is 13.7. The maximum absolute atomic E-state index is 11.6. The molecule has 1 aromatic rings. The first-order chi connectivity index (χ1) is 8.27. The highest BCUT2D eigenvalue weighted by atomic mass is 16.1. The fraction of sp³-hybridized carbons (Fsp3) is 0.500. The van der Waals surface area contributed by atoms with Crippen LogP contribution in [0.15, 0.2) is 24.3 Å². The summed E-state index contributed by atoms with van der Waals surface area (Å²) >= 11 is 0. The van der Waals surface area contributed by atoms with Crippen molar-refractivity contribution in [1.29, 1.82) is 0 Å². The van der Waals surface area contributed by atoms with Gasteiger partial charge >= 0.3 is 0 Å². The number of hydrogen-bond donors (Lipinski definition) is 2. The summed E-state index contributed by atoms with van der Waals surface area (Å²) in [7, 11) is 1.90. The van der Waals surface area contributed by atoms with Gasteiger partial charge < -0.3 is 10.6 Å². The van der Waals surface area contributed by atoms with Crippen molar-refractivity contribution in [1.82, 2.24) is 10.6 Å². The molecule has 0 fully saturated rings. The minimum atomic E-state index is 0.131. The fourth-order valence-corrected chi connectivity index (χ4v) is 1.78. The lowest BCUT2D eigenvalue weighted by Crippen LogP contribution is -2.24. The average molecular weight is 234 g/mol. The van der Waals surface area contributed by atoms with Gasteiger partial charge in [-0.3, -0.25) is 4.79 Å². The van der Waals surface area contributed by atoms with Gasteiger partial charge in [0.05, 0.1) is 0 Å². The van der Waals surface area contributed by atoms with E-state index in [1.54, 1.807) is 0 Å². The van der Waals surface area contributed by atoms with E-state index in [1.165, 1.54) is 11.1 Å².